The molecular weight excluding hydrogens is 200 g/mol. The van der Waals surface area contributed by atoms with Gasteiger partial charge in [0, 0.05) is 6.20 Å². The Bertz CT molecular complexity index is 547. The highest BCUT2D eigenvalue weighted by molar-refractivity contribution is 5.67. The van der Waals surface area contributed by atoms with Crippen molar-refractivity contribution in [3.8, 4) is 6.07 Å². The summed E-state index contributed by atoms with van der Waals surface area (Å²) in [5.74, 6) is 0. The molecule has 16 heavy (non-hydrogen) atoms. The Labute approximate surface area is 93.5 Å². The van der Waals surface area contributed by atoms with Gasteiger partial charge in [-0.2, -0.15) is 10.4 Å². The summed E-state index contributed by atoms with van der Waals surface area (Å²) in [6, 6.07) is 7.82. The third-order valence-corrected chi connectivity index (χ3v) is 2.28. The van der Waals surface area contributed by atoms with E-state index in [0.29, 0.717) is 5.56 Å². The average Bonchev–Trinajstić information content (AvgIpc) is 2.80. The van der Waals surface area contributed by atoms with E-state index in [-0.39, 0.29) is 0 Å². The molecule has 0 N–H and O–H groups in total. The predicted octanol–water partition coefficient (Wildman–Crippen LogP) is 2.09. The number of benzene rings is 1. The summed E-state index contributed by atoms with van der Waals surface area (Å²) in [7, 11) is 0. The molecule has 0 aliphatic heterocycles. The molecular formula is C12H10N4. The Balaban J connectivity index is 2.38. The second kappa shape index (κ2) is 4.41. The maximum Gasteiger partial charge on any atom is 0.138 e. The van der Waals surface area contributed by atoms with Crippen molar-refractivity contribution in [1.29, 1.82) is 5.26 Å². The van der Waals surface area contributed by atoms with Crippen molar-refractivity contribution in [2.75, 3.05) is 0 Å². The Hall–Kier alpha value is -2.41. The van der Waals surface area contributed by atoms with E-state index in [9.17, 15) is 0 Å². The van der Waals surface area contributed by atoms with Crippen LogP contribution in [0.15, 0.2) is 30.9 Å². The first-order valence-corrected chi connectivity index (χ1v) is 4.83. The zero-order chi connectivity index (χ0) is 11.4. The van der Waals surface area contributed by atoms with Crippen LogP contribution in [-0.4, -0.2) is 14.8 Å². The quantitative estimate of drug-likeness (QED) is 0.762. The van der Waals surface area contributed by atoms with Crippen molar-refractivity contribution < 1.29 is 0 Å². The molecule has 0 aliphatic carbocycles. The van der Waals surface area contributed by atoms with Gasteiger partial charge in [-0.3, -0.25) is 0 Å². The van der Waals surface area contributed by atoms with E-state index < -0.39 is 0 Å². The summed E-state index contributed by atoms with van der Waals surface area (Å²) in [4.78, 5) is 3.84. The number of aromatic nitrogens is 3. The SMILES string of the molecule is Cc1cccc(C#N)c1C=Cn1cncn1. The molecule has 0 saturated heterocycles. The minimum absolute atomic E-state index is 0.663. The molecule has 0 atom stereocenters. The maximum absolute atomic E-state index is 8.98. The fraction of sp³-hybridized carbons (Fsp3) is 0.0833. The van der Waals surface area contributed by atoms with Gasteiger partial charge in [0.25, 0.3) is 0 Å². The first kappa shape index (κ1) is 10.1. The second-order valence-electron chi connectivity index (χ2n) is 3.34. The molecule has 1 aromatic carbocycles. The average molecular weight is 210 g/mol. The summed E-state index contributed by atoms with van der Waals surface area (Å²) >= 11 is 0. The third-order valence-electron chi connectivity index (χ3n) is 2.28. The molecule has 0 bridgehead atoms. The van der Waals surface area contributed by atoms with Gasteiger partial charge in [0.2, 0.25) is 0 Å². The van der Waals surface area contributed by atoms with E-state index in [1.54, 1.807) is 23.3 Å². The summed E-state index contributed by atoms with van der Waals surface area (Å²) in [5.41, 5.74) is 2.65. The molecule has 78 valence electrons. The monoisotopic (exact) mass is 210 g/mol. The van der Waals surface area contributed by atoms with Crippen molar-refractivity contribution in [2.45, 2.75) is 6.92 Å². The summed E-state index contributed by atoms with van der Waals surface area (Å²) < 4.78 is 1.59. The lowest BCUT2D eigenvalue weighted by atomic mass is 10.0. The first-order valence-electron chi connectivity index (χ1n) is 4.83. The zero-order valence-electron chi connectivity index (χ0n) is 8.83. The highest BCUT2D eigenvalue weighted by Crippen LogP contribution is 2.15. The van der Waals surface area contributed by atoms with Gasteiger partial charge in [-0.25, -0.2) is 9.67 Å². The van der Waals surface area contributed by atoms with Crippen LogP contribution < -0.4 is 0 Å². The van der Waals surface area contributed by atoms with E-state index in [4.69, 9.17) is 5.26 Å². The van der Waals surface area contributed by atoms with Crippen LogP contribution in [0.5, 0.6) is 0 Å². The Morgan fingerprint density at radius 2 is 2.31 bits per heavy atom. The number of nitrogens with zero attached hydrogens (tertiary/aromatic N) is 4. The van der Waals surface area contributed by atoms with Crippen LogP contribution in [0.4, 0.5) is 0 Å². The number of hydrogen-bond donors (Lipinski definition) is 0. The largest absolute Gasteiger partial charge is 0.228 e. The van der Waals surface area contributed by atoms with Crippen LogP contribution in [0.2, 0.25) is 0 Å². The van der Waals surface area contributed by atoms with Gasteiger partial charge in [0.05, 0.1) is 11.6 Å². The molecule has 1 aromatic heterocycles. The van der Waals surface area contributed by atoms with Gasteiger partial charge in [-0.15, -0.1) is 0 Å². The lowest BCUT2D eigenvalue weighted by Gasteiger charge is -2.01. The minimum Gasteiger partial charge on any atom is -0.228 e. The minimum atomic E-state index is 0.663. The van der Waals surface area contributed by atoms with E-state index in [1.165, 1.54) is 6.33 Å². The van der Waals surface area contributed by atoms with Crippen molar-refractivity contribution in [3.05, 3.63) is 47.5 Å². The van der Waals surface area contributed by atoms with E-state index in [1.807, 2.05) is 25.1 Å². The van der Waals surface area contributed by atoms with Crippen LogP contribution in [0.25, 0.3) is 12.3 Å². The topological polar surface area (TPSA) is 54.5 Å². The van der Waals surface area contributed by atoms with Crippen LogP contribution in [0.1, 0.15) is 16.7 Å². The van der Waals surface area contributed by atoms with Gasteiger partial charge in [-0.05, 0) is 30.2 Å². The highest BCUT2D eigenvalue weighted by Gasteiger charge is 2.00. The molecule has 0 saturated carbocycles. The molecule has 0 unspecified atom stereocenters. The molecule has 1 heterocycles. The van der Waals surface area contributed by atoms with Crippen molar-refractivity contribution in [3.63, 3.8) is 0 Å². The predicted molar refractivity (Wildman–Crippen MR) is 61.1 cm³/mol. The maximum atomic E-state index is 8.98. The number of aryl methyl sites for hydroxylation is 1. The smallest absolute Gasteiger partial charge is 0.138 e. The van der Waals surface area contributed by atoms with Crippen molar-refractivity contribution in [1.82, 2.24) is 14.8 Å². The zero-order valence-corrected chi connectivity index (χ0v) is 8.83. The lowest BCUT2D eigenvalue weighted by molar-refractivity contribution is 0.936. The molecule has 0 radical (unpaired) electrons. The van der Waals surface area contributed by atoms with Gasteiger partial charge >= 0.3 is 0 Å². The van der Waals surface area contributed by atoms with Gasteiger partial charge in [0.1, 0.15) is 12.7 Å². The van der Waals surface area contributed by atoms with E-state index >= 15 is 0 Å². The van der Waals surface area contributed by atoms with Crippen molar-refractivity contribution >= 4 is 12.3 Å². The molecule has 0 fully saturated rings. The van der Waals surface area contributed by atoms with Gasteiger partial charge < -0.3 is 0 Å². The number of nitriles is 1. The molecule has 4 heteroatoms. The third kappa shape index (κ3) is 1.98. The molecule has 0 amide bonds. The van der Waals surface area contributed by atoms with Gasteiger partial charge in [0.15, 0.2) is 0 Å². The fourth-order valence-electron chi connectivity index (χ4n) is 1.44. The Morgan fingerprint density at radius 1 is 1.44 bits per heavy atom. The number of hydrogen-bond acceptors (Lipinski definition) is 3. The normalized spacial score (nSPS) is 10.5. The first-order chi connectivity index (χ1) is 7.81. The highest BCUT2D eigenvalue weighted by atomic mass is 15.3. The lowest BCUT2D eigenvalue weighted by Crippen LogP contribution is -1.89. The Morgan fingerprint density at radius 3 is 3.00 bits per heavy atom. The second-order valence-corrected chi connectivity index (χ2v) is 3.34. The number of rotatable bonds is 2. The Kier molecular flexibility index (Phi) is 2.79. The van der Waals surface area contributed by atoms with Crippen LogP contribution in [0.3, 0.4) is 0 Å². The van der Waals surface area contributed by atoms with Crippen LogP contribution >= 0.6 is 0 Å². The van der Waals surface area contributed by atoms with E-state index in [2.05, 4.69) is 16.2 Å². The summed E-state index contributed by atoms with van der Waals surface area (Å²) in [5, 5.41) is 12.9. The fourth-order valence-corrected chi connectivity index (χ4v) is 1.44. The summed E-state index contributed by atoms with van der Waals surface area (Å²) in [6.45, 7) is 1.97. The molecule has 0 spiro atoms. The molecule has 4 nitrogen and oxygen atoms in total. The van der Waals surface area contributed by atoms with Crippen LogP contribution in [0, 0.1) is 18.3 Å². The van der Waals surface area contributed by atoms with Crippen molar-refractivity contribution in [2.24, 2.45) is 0 Å². The standard InChI is InChI=1S/C12H10N4/c1-10-3-2-4-11(7-13)12(10)5-6-16-9-14-8-15-16/h2-6,8-9H,1H3. The van der Waals surface area contributed by atoms with Crippen LogP contribution in [-0.2, 0) is 0 Å². The van der Waals surface area contributed by atoms with Gasteiger partial charge in [-0.1, -0.05) is 12.1 Å². The summed E-state index contributed by atoms with van der Waals surface area (Å²) in [6.07, 6.45) is 6.70. The molecule has 2 rings (SSSR count). The molecule has 0 aliphatic rings. The molecule has 2 aromatic rings. The van der Waals surface area contributed by atoms with E-state index in [0.717, 1.165) is 11.1 Å².